The molecule has 1 aliphatic heterocycles. The van der Waals surface area contributed by atoms with Crippen LogP contribution in [-0.4, -0.2) is 88.2 Å². The lowest BCUT2D eigenvalue weighted by Gasteiger charge is -2.28. The van der Waals surface area contributed by atoms with E-state index >= 15 is 0 Å². The molecule has 8 heteroatoms. The summed E-state index contributed by atoms with van der Waals surface area (Å²) in [5, 5.41) is 6.81. The molecule has 170 valence electrons. The Morgan fingerprint density at radius 3 is 2.47 bits per heavy atom. The van der Waals surface area contributed by atoms with Crippen molar-refractivity contribution in [1.29, 1.82) is 0 Å². The van der Waals surface area contributed by atoms with Crippen molar-refractivity contribution in [2.75, 3.05) is 66.6 Å². The van der Waals surface area contributed by atoms with Crippen LogP contribution in [0.25, 0.3) is 0 Å². The average molecular weight is 531 g/mol. The SMILES string of the molecule is CN(C)C(=O)CN=C(NCCCN1CCOCC1)NCC(C)(C)c1ccccc1.I. The van der Waals surface area contributed by atoms with Crippen molar-refractivity contribution in [3.05, 3.63) is 35.9 Å². The van der Waals surface area contributed by atoms with Gasteiger partial charge in [0, 0.05) is 45.7 Å². The van der Waals surface area contributed by atoms with Gasteiger partial charge < -0.3 is 20.3 Å². The summed E-state index contributed by atoms with van der Waals surface area (Å²) in [5.41, 5.74) is 1.21. The van der Waals surface area contributed by atoms with E-state index in [4.69, 9.17) is 4.74 Å². The van der Waals surface area contributed by atoms with E-state index in [1.807, 2.05) is 6.07 Å². The van der Waals surface area contributed by atoms with Gasteiger partial charge in [-0.1, -0.05) is 44.2 Å². The van der Waals surface area contributed by atoms with E-state index in [0.29, 0.717) is 5.96 Å². The molecular weight excluding hydrogens is 493 g/mol. The van der Waals surface area contributed by atoms with Gasteiger partial charge in [0.1, 0.15) is 6.54 Å². The Hall–Kier alpha value is -1.39. The fourth-order valence-electron chi connectivity index (χ4n) is 3.09. The zero-order valence-electron chi connectivity index (χ0n) is 18.8. The van der Waals surface area contributed by atoms with Crippen molar-refractivity contribution in [2.24, 2.45) is 4.99 Å². The predicted molar refractivity (Wildman–Crippen MR) is 134 cm³/mol. The van der Waals surface area contributed by atoms with Crippen LogP contribution in [0.5, 0.6) is 0 Å². The molecule has 1 aromatic rings. The molecule has 2 N–H and O–H groups in total. The van der Waals surface area contributed by atoms with E-state index < -0.39 is 0 Å². The number of hydrogen-bond acceptors (Lipinski definition) is 4. The van der Waals surface area contributed by atoms with Crippen LogP contribution in [0.1, 0.15) is 25.8 Å². The largest absolute Gasteiger partial charge is 0.379 e. The van der Waals surface area contributed by atoms with E-state index in [0.717, 1.165) is 52.4 Å². The van der Waals surface area contributed by atoms with Crippen molar-refractivity contribution in [1.82, 2.24) is 20.4 Å². The van der Waals surface area contributed by atoms with Gasteiger partial charge in [-0.15, -0.1) is 24.0 Å². The lowest BCUT2D eigenvalue weighted by atomic mass is 9.85. The summed E-state index contributed by atoms with van der Waals surface area (Å²) in [6.45, 7) is 10.8. The zero-order chi connectivity index (χ0) is 21.1. The van der Waals surface area contributed by atoms with E-state index in [9.17, 15) is 4.79 Å². The van der Waals surface area contributed by atoms with Gasteiger partial charge >= 0.3 is 0 Å². The number of ether oxygens (including phenoxy) is 1. The van der Waals surface area contributed by atoms with E-state index in [2.05, 4.69) is 58.6 Å². The molecule has 0 radical (unpaired) electrons. The summed E-state index contributed by atoms with van der Waals surface area (Å²) in [5.74, 6) is 0.674. The molecule has 0 aromatic heterocycles. The molecule has 7 nitrogen and oxygen atoms in total. The number of hydrogen-bond donors (Lipinski definition) is 2. The molecule has 0 unspecified atom stereocenters. The number of rotatable bonds is 9. The Morgan fingerprint density at radius 2 is 1.83 bits per heavy atom. The van der Waals surface area contributed by atoms with Crippen LogP contribution < -0.4 is 10.6 Å². The maximum Gasteiger partial charge on any atom is 0.243 e. The highest BCUT2D eigenvalue weighted by Crippen LogP contribution is 2.21. The highest BCUT2D eigenvalue weighted by atomic mass is 127. The van der Waals surface area contributed by atoms with Gasteiger partial charge in [-0.25, -0.2) is 4.99 Å². The smallest absolute Gasteiger partial charge is 0.243 e. The molecule has 0 saturated carbocycles. The number of benzene rings is 1. The number of aliphatic imine (C=N–C) groups is 1. The van der Waals surface area contributed by atoms with Gasteiger partial charge in [0.15, 0.2) is 5.96 Å². The zero-order valence-corrected chi connectivity index (χ0v) is 21.1. The van der Waals surface area contributed by atoms with Crippen LogP contribution in [-0.2, 0) is 14.9 Å². The van der Waals surface area contributed by atoms with E-state index in [-0.39, 0.29) is 41.8 Å². The van der Waals surface area contributed by atoms with Crippen molar-refractivity contribution < 1.29 is 9.53 Å². The topological polar surface area (TPSA) is 69.2 Å². The summed E-state index contributed by atoms with van der Waals surface area (Å²) < 4.78 is 5.40. The van der Waals surface area contributed by atoms with Crippen LogP contribution in [0.15, 0.2) is 35.3 Å². The number of carbonyl (C=O) groups is 1. The lowest BCUT2D eigenvalue weighted by Crippen LogP contribution is -2.45. The van der Waals surface area contributed by atoms with Gasteiger partial charge in [-0.05, 0) is 18.5 Å². The van der Waals surface area contributed by atoms with Crippen LogP contribution in [0, 0.1) is 0 Å². The van der Waals surface area contributed by atoms with E-state index in [1.165, 1.54) is 5.56 Å². The molecule has 0 bridgehead atoms. The fraction of sp³-hybridized carbons (Fsp3) is 0.636. The van der Waals surface area contributed by atoms with E-state index in [1.54, 1.807) is 19.0 Å². The third-order valence-electron chi connectivity index (χ3n) is 5.17. The van der Waals surface area contributed by atoms with Crippen molar-refractivity contribution in [3.8, 4) is 0 Å². The number of halogens is 1. The minimum atomic E-state index is -0.0525. The van der Waals surface area contributed by atoms with Crippen LogP contribution >= 0.6 is 24.0 Å². The second-order valence-electron chi connectivity index (χ2n) is 8.29. The van der Waals surface area contributed by atoms with Gasteiger partial charge in [0.05, 0.1) is 13.2 Å². The molecule has 0 atom stereocenters. The number of nitrogens with one attached hydrogen (secondary N) is 2. The first-order valence-corrected chi connectivity index (χ1v) is 10.5. The normalized spacial score (nSPS) is 15.3. The Labute approximate surface area is 198 Å². The molecule has 1 aliphatic rings. The van der Waals surface area contributed by atoms with Gasteiger partial charge in [0.2, 0.25) is 5.91 Å². The van der Waals surface area contributed by atoms with Crippen molar-refractivity contribution in [2.45, 2.75) is 25.7 Å². The summed E-state index contributed by atoms with van der Waals surface area (Å²) in [7, 11) is 3.50. The molecule has 1 fully saturated rings. The predicted octanol–water partition coefficient (Wildman–Crippen LogP) is 1.93. The monoisotopic (exact) mass is 531 g/mol. The summed E-state index contributed by atoms with van der Waals surface area (Å²) in [4.78, 5) is 20.4. The standard InChI is InChI=1S/C22H37N5O2.HI/c1-22(2,19-9-6-5-7-10-19)18-25-21(24-17-20(28)26(3)4)23-11-8-12-27-13-15-29-16-14-27;/h5-7,9-10H,8,11-18H2,1-4H3,(H2,23,24,25);1H. The maximum atomic E-state index is 12.0. The minimum absolute atomic E-state index is 0. The third kappa shape index (κ3) is 9.61. The lowest BCUT2D eigenvalue weighted by molar-refractivity contribution is -0.127. The van der Waals surface area contributed by atoms with Gasteiger partial charge in [0.25, 0.3) is 0 Å². The molecule has 2 rings (SSSR count). The number of morpholine rings is 1. The molecule has 0 spiro atoms. The number of guanidine groups is 1. The van der Waals surface area contributed by atoms with Gasteiger partial charge in [-0.3, -0.25) is 9.69 Å². The molecule has 1 heterocycles. The average Bonchev–Trinajstić information content (AvgIpc) is 2.73. The second-order valence-corrected chi connectivity index (χ2v) is 8.29. The molecule has 1 aromatic carbocycles. The molecule has 30 heavy (non-hydrogen) atoms. The molecular formula is C22H38IN5O2. The first-order valence-electron chi connectivity index (χ1n) is 10.5. The number of carbonyl (C=O) groups excluding carboxylic acids is 1. The number of likely N-dealkylation sites (N-methyl/N-ethyl adjacent to an activating group) is 1. The number of amides is 1. The fourth-order valence-corrected chi connectivity index (χ4v) is 3.09. The maximum absolute atomic E-state index is 12.0. The third-order valence-corrected chi connectivity index (χ3v) is 5.17. The summed E-state index contributed by atoms with van der Waals surface area (Å²) in [6.07, 6.45) is 1.02. The van der Waals surface area contributed by atoms with Crippen LogP contribution in [0.3, 0.4) is 0 Å². The summed E-state index contributed by atoms with van der Waals surface area (Å²) in [6, 6.07) is 10.4. The van der Waals surface area contributed by atoms with Gasteiger partial charge in [-0.2, -0.15) is 0 Å². The molecule has 1 saturated heterocycles. The Kier molecular flexibility index (Phi) is 12.3. The first kappa shape index (κ1) is 26.6. The van der Waals surface area contributed by atoms with Crippen LogP contribution in [0.2, 0.25) is 0 Å². The molecule has 1 amide bonds. The number of nitrogens with zero attached hydrogens (tertiary/aromatic N) is 3. The van der Waals surface area contributed by atoms with Crippen LogP contribution in [0.4, 0.5) is 0 Å². The minimum Gasteiger partial charge on any atom is -0.379 e. The highest BCUT2D eigenvalue weighted by Gasteiger charge is 2.20. The first-order chi connectivity index (χ1) is 13.9. The Balaban J connectivity index is 0.00000450. The Bertz CT molecular complexity index is 646. The quantitative estimate of drug-likeness (QED) is 0.221. The van der Waals surface area contributed by atoms with Crippen molar-refractivity contribution >= 4 is 35.8 Å². The van der Waals surface area contributed by atoms with Crippen molar-refractivity contribution in [3.63, 3.8) is 0 Å². The highest BCUT2D eigenvalue weighted by molar-refractivity contribution is 14.0. The Morgan fingerprint density at radius 1 is 1.17 bits per heavy atom. The summed E-state index contributed by atoms with van der Waals surface area (Å²) >= 11 is 0. The second kappa shape index (κ2) is 13.8. The molecule has 0 aliphatic carbocycles.